The van der Waals surface area contributed by atoms with Gasteiger partial charge < -0.3 is 15.6 Å². The van der Waals surface area contributed by atoms with Crippen LogP contribution in [0.15, 0.2) is 42.6 Å². The molecule has 1 unspecified atom stereocenters. The van der Waals surface area contributed by atoms with Crippen LogP contribution in [0.3, 0.4) is 0 Å². The highest BCUT2D eigenvalue weighted by atomic mass is 16.2. The summed E-state index contributed by atoms with van der Waals surface area (Å²) in [4.78, 5) is 41.9. The summed E-state index contributed by atoms with van der Waals surface area (Å²) >= 11 is 0. The van der Waals surface area contributed by atoms with Crippen LogP contribution in [0, 0.1) is 20.8 Å². The van der Waals surface area contributed by atoms with E-state index in [2.05, 4.69) is 15.6 Å². The number of aromatic nitrogens is 1. The van der Waals surface area contributed by atoms with Gasteiger partial charge >= 0.3 is 6.03 Å². The van der Waals surface area contributed by atoms with Gasteiger partial charge in [-0.25, -0.2) is 4.79 Å². The van der Waals surface area contributed by atoms with Crippen molar-refractivity contribution in [3.63, 3.8) is 0 Å². The average Bonchev–Trinajstić information content (AvgIpc) is 3.21. The van der Waals surface area contributed by atoms with Crippen LogP contribution in [0.25, 0.3) is 10.9 Å². The predicted molar refractivity (Wildman–Crippen MR) is 115 cm³/mol. The Morgan fingerprint density at radius 2 is 1.80 bits per heavy atom. The van der Waals surface area contributed by atoms with Gasteiger partial charge in [-0.1, -0.05) is 35.9 Å². The van der Waals surface area contributed by atoms with Crippen LogP contribution in [0.2, 0.25) is 0 Å². The lowest BCUT2D eigenvalue weighted by molar-refractivity contribution is -0.130. The van der Waals surface area contributed by atoms with Gasteiger partial charge in [-0.15, -0.1) is 0 Å². The van der Waals surface area contributed by atoms with Gasteiger partial charge in [-0.3, -0.25) is 14.5 Å². The molecule has 0 saturated carbocycles. The Kier molecular flexibility index (Phi) is 5.03. The molecule has 1 aliphatic heterocycles. The fourth-order valence-electron chi connectivity index (χ4n) is 4.09. The molecular formula is C23H24N4O3. The van der Waals surface area contributed by atoms with Crippen molar-refractivity contribution in [2.24, 2.45) is 0 Å². The number of para-hydroxylation sites is 1. The quantitative estimate of drug-likeness (QED) is 0.570. The van der Waals surface area contributed by atoms with Crippen LogP contribution >= 0.6 is 0 Å². The highest BCUT2D eigenvalue weighted by molar-refractivity contribution is 6.08. The highest BCUT2D eigenvalue weighted by Crippen LogP contribution is 2.23. The third kappa shape index (κ3) is 3.66. The average molecular weight is 404 g/mol. The third-order valence-corrected chi connectivity index (χ3v) is 5.45. The van der Waals surface area contributed by atoms with E-state index in [1.807, 2.05) is 63.4 Å². The number of benzene rings is 2. The van der Waals surface area contributed by atoms with E-state index in [-0.39, 0.29) is 6.54 Å². The Hall–Kier alpha value is -3.61. The van der Waals surface area contributed by atoms with Gasteiger partial charge in [0.1, 0.15) is 12.6 Å². The van der Waals surface area contributed by atoms with E-state index in [0.29, 0.717) is 12.1 Å². The van der Waals surface area contributed by atoms with Gasteiger partial charge in [-0.05, 0) is 43.5 Å². The molecule has 2 heterocycles. The maximum Gasteiger partial charge on any atom is 0.325 e. The van der Waals surface area contributed by atoms with Gasteiger partial charge in [0.05, 0.1) is 0 Å². The number of carbonyl (C=O) groups excluding carboxylic acids is 3. The van der Waals surface area contributed by atoms with Crippen molar-refractivity contribution < 1.29 is 14.4 Å². The van der Waals surface area contributed by atoms with Gasteiger partial charge in [0.2, 0.25) is 5.91 Å². The minimum Gasteiger partial charge on any atom is -0.361 e. The molecule has 30 heavy (non-hydrogen) atoms. The number of nitrogens with one attached hydrogen (secondary N) is 3. The second-order valence-corrected chi connectivity index (χ2v) is 7.81. The normalized spacial score (nSPS) is 16.2. The van der Waals surface area contributed by atoms with E-state index in [4.69, 9.17) is 0 Å². The number of anilines is 1. The first-order valence-electron chi connectivity index (χ1n) is 9.88. The van der Waals surface area contributed by atoms with Crippen molar-refractivity contribution in [2.45, 2.75) is 33.2 Å². The van der Waals surface area contributed by atoms with Crippen molar-refractivity contribution in [3.8, 4) is 0 Å². The fourth-order valence-corrected chi connectivity index (χ4v) is 4.09. The number of H-pyrrole nitrogens is 1. The van der Waals surface area contributed by atoms with Crippen LogP contribution in [0.4, 0.5) is 10.5 Å². The first-order valence-corrected chi connectivity index (χ1v) is 9.88. The van der Waals surface area contributed by atoms with E-state index < -0.39 is 23.9 Å². The molecule has 1 atom stereocenters. The summed E-state index contributed by atoms with van der Waals surface area (Å²) in [7, 11) is 0. The number of urea groups is 1. The summed E-state index contributed by atoms with van der Waals surface area (Å²) < 4.78 is 0. The number of aryl methyl sites for hydroxylation is 3. The van der Waals surface area contributed by atoms with Gasteiger partial charge in [0.25, 0.3) is 5.91 Å². The number of amides is 4. The number of hydrogen-bond donors (Lipinski definition) is 3. The minimum atomic E-state index is -0.688. The van der Waals surface area contributed by atoms with Crippen LogP contribution in [0.1, 0.15) is 22.3 Å². The summed E-state index contributed by atoms with van der Waals surface area (Å²) in [6, 6.07) is 10.5. The lowest BCUT2D eigenvalue weighted by Gasteiger charge is -2.16. The Bertz CT molecular complexity index is 1140. The molecule has 0 bridgehead atoms. The molecule has 1 aliphatic rings. The molecule has 0 radical (unpaired) electrons. The standard InChI is InChI=1S/C23H24N4O3/c1-13-8-14(2)21(15(3)9-13)26-20(28)12-27-22(29)19(25-23(27)30)10-16-11-24-18-7-5-4-6-17(16)18/h4-9,11,19,24H,10,12H2,1-3H3,(H,25,30)(H,26,28). The second-order valence-electron chi connectivity index (χ2n) is 7.81. The zero-order chi connectivity index (χ0) is 21.4. The number of aromatic amines is 1. The smallest absolute Gasteiger partial charge is 0.325 e. The van der Waals surface area contributed by atoms with E-state index >= 15 is 0 Å². The Morgan fingerprint density at radius 3 is 2.53 bits per heavy atom. The van der Waals surface area contributed by atoms with Gasteiger partial charge in [0, 0.05) is 29.2 Å². The molecule has 4 rings (SSSR count). The molecule has 7 heteroatoms. The molecule has 0 aliphatic carbocycles. The van der Waals surface area contributed by atoms with E-state index in [1.54, 1.807) is 0 Å². The highest BCUT2D eigenvalue weighted by Gasteiger charge is 2.39. The van der Waals surface area contributed by atoms with Crippen molar-refractivity contribution >= 4 is 34.4 Å². The molecule has 0 spiro atoms. The molecule has 3 N–H and O–H groups in total. The molecule has 154 valence electrons. The summed E-state index contributed by atoms with van der Waals surface area (Å²) in [5.74, 6) is -0.793. The zero-order valence-electron chi connectivity index (χ0n) is 17.2. The van der Waals surface area contributed by atoms with Crippen molar-refractivity contribution in [3.05, 3.63) is 64.8 Å². The first-order chi connectivity index (χ1) is 14.3. The summed E-state index contributed by atoms with van der Waals surface area (Å²) in [5, 5.41) is 6.56. The van der Waals surface area contributed by atoms with Crippen molar-refractivity contribution in [1.29, 1.82) is 0 Å². The molecule has 2 aromatic carbocycles. The predicted octanol–water partition coefficient (Wildman–Crippen LogP) is 3.19. The zero-order valence-corrected chi connectivity index (χ0v) is 17.2. The fraction of sp³-hybridized carbons (Fsp3) is 0.261. The summed E-state index contributed by atoms with van der Waals surface area (Å²) in [6.45, 7) is 5.51. The number of hydrogen-bond acceptors (Lipinski definition) is 3. The number of fused-ring (bicyclic) bond motifs is 1. The van der Waals surface area contributed by atoms with Crippen LogP contribution < -0.4 is 10.6 Å². The molecular weight excluding hydrogens is 380 g/mol. The molecule has 1 aromatic heterocycles. The second kappa shape index (κ2) is 7.67. The summed E-state index contributed by atoms with van der Waals surface area (Å²) in [6.07, 6.45) is 2.21. The van der Waals surface area contributed by atoms with Gasteiger partial charge in [0.15, 0.2) is 0 Å². The summed E-state index contributed by atoms with van der Waals surface area (Å²) in [5.41, 5.74) is 5.63. The molecule has 3 aromatic rings. The maximum atomic E-state index is 12.8. The molecule has 1 saturated heterocycles. The van der Waals surface area contributed by atoms with Crippen molar-refractivity contribution in [2.75, 3.05) is 11.9 Å². The van der Waals surface area contributed by atoms with Gasteiger partial charge in [-0.2, -0.15) is 0 Å². The topological polar surface area (TPSA) is 94.3 Å². The molecule has 7 nitrogen and oxygen atoms in total. The maximum absolute atomic E-state index is 12.8. The SMILES string of the molecule is Cc1cc(C)c(NC(=O)CN2C(=O)NC(Cc3c[nH]c4ccccc34)C2=O)c(C)c1. The Morgan fingerprint density at radius 1 is 1.10 bits per heavy atom. The van der Waals surface area contributed by atoms with Crippen LogP contribution in [-0.4, -0.2) is 40.3 Å². The van der Waals surface area contributed by atoms with Crippen LogP contribution in [0.5, 0.6) is 0 Å². The number of nitrogens with zero attached hydrogens (tertiary/aromatic N) is 1. The van der Waals surface area contributed by atoms with E-state index in [1.165, 1.54) is 0 Å². The molecule has 1 fully saturated rings. The third-order valence-electron chi connectivity index (χ3n) is 5.45. The Balaban J connectivity index is 1.45. The monoisotopic (exact) mass is 404 g/mol. The number of imide groups is 1. The van der Waals surface area contributed by atoms with Crippen LogP contribution in [-0.2, 0) is 16.0 Å². The first kappa shape index (κ1) is 19.7. The Labute approximate surface area is 174 Å². The number of carbonyl (C=O) groups is 3. The van der Waals surface area contributed by atoms with Crippen molar-refractivity contribution in [1.82, 2.24) is 15.2 Å². The molecule has 4 amide bonds. The lowest BCUT2D eigenvalue weighted by Crippen LogP contribution is -2.38. The number of rotatable bonds is 5. The van der Waals surface area contributed by atoms with E-state index in [0.717, 1.165) is 38.1 Å². The lowest BCUT2D eigenvalue weighted by atomic mass is 10.0. The largest absolute Gasteiger partial charge is 0.361 e. The minimum absolute atomic E-state index is 0.318. The van der Waals surface area contributed by atoms with E-state index in [9.17, 15) is 14.4 Å².